The monoisotopic (exact) mass is 386 g/mol. The summed E-state index contributed by atoms with van der Waals surface area (Å²) in [4.78, 5) is 0. The predicted octanol–water partition coefficient (Wildman–Crippen LogP) is 6.90. The smallest absolute Gasteiger partial charge is 0.204 e. The van der Waals surface area contributed by atoms with Crippen molar-refractivity contribution in [2.45, 2.75) is 84.8 Å². The van der Waals surface area contributed by atoms with E-state index in [0.29, 0.717) is 11.7 Å². The van der Waals surface area contributed by atoms with Gasteiger partial charge in [0.05, 0.1) is 0 Å². The number of hydrogen-bond donors (Lipinski definition) is 1. The Morgan fingerprint density at radius 2 is 2.00 bits per heavy atom. The number of unbranched alkanes of at least 4 members (excludes halogenated alkanes) is 2. The number of phenolic OH excluding ortho intramolecular Hbond substituents is 1. The third-order valence-electron chi connectivity index (χ3n) is 5.81. The van der Waals surface area contributed by atoms with Crippen LogP contribution in [0.15, 0.2) is 35.9 Å². The highest BCUT2D eigenvalue weighted by Gasteiger charge is 2.32. The SMILES string of the molecule is C=C(C)C1CCC(C)=CC1c1c(O)cc(CCCCC)cc1OC(C)(C)OC. The highest BCUT2D eigenvalue weighted by Crippen LogP contribution is 2.47. The number of aromatic hydroxyl groups is 1. The van der Waals surface area contributed by atoms with E-state index >= 15 is 0 Å². The van der Waals surface area contributed by atoms with Crippen LogP contribution < -0.4 is 4.74 Å². The number of ether oxygens (including phenoxy) is 2. The Kier molecular flexibility index (Phi) is 7.77. The minimum Gasteiger partial charge on any atom is -0.507 e. The van der Waals surface area contributed by atoms with Crippen LogP contribution in [0.2, 0.25) is 0 Å². The molecule has 1 aromatic rings. The molecule has 2 rings (SSSR count). The third kappa shape index (κ3) is 5.64. The average Bonchev–Trinajstić information content (AvgIpc) is 2.61. The molecule has 0 fully saturated rings. The van der Waals surface area contributed by atoms with Gasteiger partial charge in [-0.3, -0.25) is 0 Å². The summed E-state index contributed by atoms with van der Waals surface area (Å²) in [6.45, 7) is 14.5. The molecule has 0 aliphatic heterocycles. The van der Waals surface area contributed by atoms with E-state index in [9.17, 15) is 5.11 Å². The summed E-state index contributed by atoms with van der Waals surface area (Å²) in [5.41, 5.74) is 4.47. The van der Waals surface area contributed by atoms with E-state index in [1.807, 2.05) is 19.9 Å². The summed E-state index contributed by atoms with van der Waals surface area (Å²) in [6.07, 6.45) is 8.81. The van der Waals surface area contributed by atoms with Gasteiger partial charge in [-0.25, -0.2) is 0 Å². The number of phenols is 1. The molecule has 1 N–H and O–H groups in total. The zero-order chi connectivity index (χ0) is 20.9. The van der Waals surface area contributed by atoms with E-state index in [1.54, 1.807) is 7.11 Å². The molecule has 1 aromatic carbocycles. The predicted molar refractivity (Wildman–Crippen MR) is 117 cm³/mol. The summed E-state index contributed by atoms with van der Waals surface area (Å²) >= 11 is 0. The molecule has 2 atom stereocenters. The van der Waals surface area contributed by atoms with Gasteiger partial charge in [-0.1, -0.05) is 43.6 Å². The van der Waals surface area contributed by atoms with Crippen molar-refractivity contribution in [1.29, 1.82) is 0 Å². The number of rotatable bonds is 9. The van der Waals surface area contributed by atoms with Crippen LogP contribution in [0.1, 0.15) is 83.8 Å². The molecule has 0 saturated heterocycles. The highest BCUT2D eigenvalue weighted by molar-refractivity contribution is 5.52. The molecule has 28 heavy (non-hydrogen) atoms. The first-order valence-corrected chi connectivity index (χ1v) is 10.6. The van der Waals surface area contributed by atoms with Crippen molar-refractivity contribution in [3.8, 4) is 11.5 Å². The van der Waals surface area contributed by atoms with Gasteiger partial charge in [-0.15, -0.1) is 0 Å². The molecular weight excluding hydrogens is 348 g/mol. The second-order valence-corrected chi connectivity index (χ2v) is 8.72. The maximum atomic E-state index is 11.1. The van der Waals surface area contributed by atoms with Gasteiger partial charge in [0.25, 0.3) is 0 Å². The molecule has 0 amide bonds. The van der Waals surface area contributed by atoms with Crippen molar-refractivity contribution in [2.75, 3.05) is 7.11 Å². The van der Waals surface area contributed by atoms with Gasteiger partial charge in [-0.2, -0.15) is 0 Å². The Bertz CT molecular complexity index is 715. The Morgan fingerprint density at radius 1 is 1.29 bits per heavy atom. The van der Waals surface area contributed by atoms with Crippen LogP contribution in [0.3, 0.4) is 0 Å². The molecule has 1 aliphatic carbocycles. The zero-order valence-electron chi connectivity index (χ0n) is 18.6. The quantitative estimate of drug-likeness (QED) is 0.285. The van der Waals surface area contributed by atoms with E-state index in [1.165, 1.54) is 18.4 Å². The van der Waals surface area contributed by atoms with E-state index in [4.69, 9.17) is 9.47 Å². The summed E-state index contributed by atoms with van der Waals surface area (Å²) in [6, 6.07) is 4.02. The lowest BCUT2D eigenvalue weighted by Gasteiger charge is -2.34. The van der Waals surface area contributed by atoms with Gasteiger partial charge in [0.15, 0.2) is 0 Å². The minimum atomic E-state index is -0.768. The molecule has 0 bridgehead atoms. The van der Waals surface area contributed by atoms with Crippen LogP contribution in [0, 0.1) is 5.92 Å². The van der Waals surface area contributed by atoms with Gasteiger partial charge < -0.3 is 14.6 Å². The average molecular weight is 387 g/mol. The highest BCUT2D eigenvalue weighted by atomic mass is 16.7. The lowest BCUT2D eigenvalue weighted by Crippen LogP contribution is -2.31. The lowest BCUT2D eigenvalue weighted by molar-refractivity contribution is -0.134. The standard InChI is InChI=1S/C25H38O3/c1-8-9-10-11-19-15-22(26)24(23(16-19)28-25(5,6)27-7)21-14-18(4)12-13-20(21)17(2)3/h14-16,20-21,26H,2,8-13H2,1,3-7H3. The van der Waals surface area contributed by atoms with Crippen LogP contribution in [0.5, 0.6) is 11.5 Å². The molecule has 1 aliphatic rings. The molecule has 2 unspecified atom stereocenters. The van der Waals surface area contributed by atoms with Crippen LogP contribution in [-0.4, -0.2) is 18.0 Å². The number of benzene rings is 1. The van der Waals surface area contributed by atoms with Crippen molar-refractivity contribution in [3.63, 3.8) is 0 Å². The van der Waals surface area contributed by atoms with Crippen molar-refractivity contribution in [3.05, 3.63) is 47.1 Å². The first kappa shape index (κ1) is 22.5. The summed E-state index contributed by atoms with van der Waals surface area (Å²) in [5.74, 6) is 0.640. The van der Waals surface area contributed by atoms with Crippen LogP contribution >= 0.6 is 0 Å². The Hall–Kier alpha value is -1.74. The topological polar surface area (TPSA) is 38.7 Å². The molecule has 0 heterocycles. The van der Waals surface area contributed by atoms with E-state index < -0.39 is 5.79 Å². The molecule has 0 aromatic heterocycles. The van der Waals surface area contributed by atoms with Gasteiger partial charge in [0.1, 0.15) is 11.5 Å². The van der Waals surface area contributed by atoms with E-state index in [2.05, 4.69) is 39.5 Å². The van der Waals surface area contributed by atoms with Gasteiger partial charge in [-0.05, 0) is 63.1 Å². The minimum absolute atomic E-state index is 0.0681. The molecule has 3 heteroatoms. The van der Waals surface area contributed by atoms with Crippen molar-refractivity contribution >= 4 is 0 Å². The Morgan fingerprint density at radius 3 is 2.61 bits per heavy atom. The van der Waals surface area contributed by atoms with E-state index in [-0.39, 0.29) is 5.92 Å². The van der Waals surface area contributed by atoms with Crippen LogP contribution in [-0.2, 0) is 11.2 Å². The summed E-state index contributed by atoms with van der Waals surface area (Å²) < 4.78 is 11.8. The van der Waals surface area contributed by atoms with Gasteiger partial charge >= 0.3 is 0 Å². The maximum Gasteiger partial charge on any atom is 0.204 e. The van der Waals surface area contributed by atoms with E-state index in [0.717, 1.165) is 48.1 Å². The van der Waals surface area contributed by atoms with Crippen molar-refractivity contribution in [1.82, 2.24) is 0 Å². The molecular formula is C25H38O3. The molecule has 0 saturated carbocycles. The number of aryl methyl sites for hydroxylation is 1. The Balaban J connectivity index is 2.53. The first-order chi connectivity index (χ1) is 13.2. The summed E-state index contributed by atoms with van der Waals surface area (Å²) in [7, 11) is 1.64. The zero-order valence-corrected chi connectivity index (χ0v) is 18.6. The third-order valence-corrected chi connectivity index (χ3v) is 5.81. The van der Waals surface area contributed by atoms with Crippen LogP contribution in [0.25, 0.3) is 0 Å². The number of methoxy groups -OCH3 is 1. The fourth-order valence-corrected chi connectivity index (χ4v) is 4.02. The van der Waals surface area contributed by atoms with Crippen molar-refractivity contribution in [2.24, 2.45) is 5.92 Å². The second-order valence-electron chi connectivity index (χ2n) is 8.72. The Labute approximate surface area is 171 Å². The second kappa shape index (κ2) is 9.65. The molecule has 0 radical (unpaired) electrons. The molecule has 0 spiro atoms. The lowest BCUT2D eigenvalue weighted by atomic mass is 9.73. The fraction of sp³-hybridized carbons (Fsp3) is 0.600. The number of allylic oxidation sites excluding steroid dienone is 3. The summed E-state index contributed by atoms with van der Waals surface area (Å²) in [5, 5.41) is 11.1. The maximum absolute atomic E-state index is 11.1. The normalized spacial score (nSPS) is 20.0. The first-order valence-electron chi connectivity index (χ1n) is 10.6. The van der Waals surface area contributed by atoms with Crippen molar-refractivity contribution < 1.29 is 14.6 Å². The fourth-order valence-electron chi connectivity index (χ4n) is 4.02. The molecule has 156 valence electrons. The molecule has 3 nitrogen and oxygen atoms in total. The van der Waals surface area contributed by atoms with Gasteiger partial charge in [0, 0.05) is 32.4 Å². The number of hydrogen-bond acceptors (Lipinski definition) is 3. The largest absolute Gasteiger partial charge is 0.507 e. The van der Waals surface area contributed by atoms with Crippen LogP contribution in [0.4, 0.5) is 0 Å². The van der Waals surface area contributed by atoms with Gasteiger partial charge in [0.2, 0.25) is 5.79 Å².